The fourth-order valence-corrected chi connectivity index (χ4v) is 5.15. The number of piperidine rings is 1. The molecule has 1 aromatic rings. The molecule has 2 unspecified atom stereocenters. The number of hydrogen-bond donors (Lipinski definition) is 1. The Balaban J connectivity index is 1.83. The highest BCUT2D eigenvalue weighted by atomic mass is 16.5. The van der Waals surface area contributed by atoms with Gasteiger partial charge in [-0.1, -0.05) is 12.1 Å². The Morgan fingerprint density at radius 2 is 1.96 bits per heavy atom. The molecule has 2 fully saturated rings. The van der Waals surface area contributed by atoms with E-state index in [4.69, 9.17) is 9.47 Å². The van der Waals surface area contributed by atoms with Crippen molar-refractivity contribution in [3.8, 4) is 11.5 Å². The van der Waals surface area contributed by atoms with Crippen molar-refractivity contribution in [3.63, 3.8) is 0 Å². The number of phenols is 1. The first-order valence-electron chi connectivity index (χ1n) is 10.1. The first-order valence-corrected chi connectivity index (χ1v) is 10.1. The van der Waals surface area contributed by atoms with Gasteiger partial charge in [-0.3, -0.25) is 4.90 Å². The van der Waals surface area contributed by atoms with Crippen LogP contribution in [0.4, 0.5) is 0 Å². The summed E-state index contributed by atoms with van der Waals surface area (Å²) in [4.78, 5) is 2.64. The number of allylic oxidation sites excluding steroid dienone is 3. The molecule has 0 amide bonds. The summed E-state index contributed by atoms with van der Waals surface area (Å²) in [6.45, 7) is 6.71. The Morgan fingerprint density at radius 3 is 2.63 bits per heavy atom. The Morgan fingerprint density at radius 1 is 1.19 bits per heavy atom. The lowest BCUT2D eigenvalue weighted by Crippen LogP contribution is -2.51. The molecule has 3 aliphatic rings. The third kappa shape index (κ3) is 3.04. The van der Waals surface area contributed by atoms with Crippen molar-refractivity contribution in [3.05, 3.63) is 46.7 Å². The van der Waals surface area contributed by atoms with Gasteiger partial charge in [0.1, 0.15) is 0 Å². The Labute approximate surface area is 162 Å². The summed E-state index contributed by atoms with van der Waals surface area (Å²) in [5.74, 6) is 2.70. The predicted octanol–water partition coefficient (Wildman–Crippen LogP) is 4.31. The maximum atomic E-state index is 10.5. The number of methoxy groups -OCH3 is 2. The molecule has 2 aliphatic carbocycles. The van der Waals surface area contributed by atoms with Gasteiger partial charge in [0.2, 0.25) is 0 Å². The van der Waals surface area contributed by atoms with E-state index < -0.39 is 0 Å². The highest BCUT2D eigenvalue weighted by molar-refractivity contribution is 5.59. The van der Waals surface area contributed by atoms with E-state index in [1.54, 1.807) is 20.3 Å². The van der Waals surface area contributed by atoms with Crippen LogP contribution in [0.3, 0.4) is 0 Å². The van der Waals surface area contributed by atoms with E-state index in [2.05, 4.69) is 30.9 Å². The van der Waals surface area contributed by atoms with Crippen LogP contribution in [0.2, 0.25) is 0 Å². The zero-order valence-electron chi connectivity index (χ0n) is 16.9. The summed E-state index contributed by atoms with van der Waals surface area (Å²) in [6.07, 6.45) is 8.96. The van der Waals surface area contributed by atoms with Crippen LogP contribution in [0.15, 0.2) is 35.6 Å². The van der Waals surface area contributed by atoms with Gasteiger partial charge in [0.05, 0.1) is 20.0 Å². The predicted molar refractivity (Wildman–Crippen MR) is 107 cm³/mol. The number of phenolic OH excluding ortho intramolecular Hbond substituents is 1. The fraction of sp³-hybridized carbons (Fsp3) is 0.565. The van der Waals surface area contributed by atoms with E-state index in [1.807, 2.05) is 6.07 Å². The number of aromatic hydroxyl groups is 1. The van der Waals surface area contributed by atoms with E-state index in [-0.39, 0.29) is 11.2 Å². The van der Waals surface area contributed by atoms with Crippen molar-refractivity contribution in [2.24, 2.45) is 5.92 Å². The number of rotatable bonds is 5. The molecule has 1 heterocycles. The zero-order chi connectivity index (χ0) is 19.2. The average Bonchev–Trinajstić information content (AvgIpc) is 3.49. The third-order valence-electron chi connectivity index (χ3n) is 6.78. The molecule has 1 saturated carbocycles. The third-order valence-corrected chi connectivity index (χ3v) is 6.78. The minimum absolute atomic E-state index is 0.187. The summed E-state index contributed by atoms with van der Waals surface area (Å²) < 4.78 is 11.4. The minimum Gasteiger partial charge on any atom is -0.504 e. The van der Waals surface area contributed by atoms with Gasteiger partial charge in [-0.05, 0) is 68.9 Å². The second-order valence-corrected chi connectivity index (χ2v) is 8.39. The van der Waals surface area contributed by atoms with Crippen molar-refractivity contribution in [2.45, 2.75) is 51.0 Å². The number of hydrogen-bond acceptors (Lipinski definition) is 4. The molecule has 1 aromatic carbocycles. The SMILES string of the molecule is COC1=CC=C2C(C)N(CC3CC3)CCC2(c2c(C)ccc(O)c2OC)C1. The van der Waals surface area contributed by atoms with Gasteiger partial charge in [-0.15, -0.1) is 0 Å². The normalized spacial score (nSPS) is 28.2. The van der Waals surface area contributed by atoms with Crippen LogP contribution < -0.4 is 4.74 Å². The summed E-state index contributed by atoms with van der Waals surface area (Å²) in [6, 6.07) is 4.12. The van der Waals surface area contributed by atoms with Crippen LogP contribution in [-0.4, -0.2) is 43.4 Å². The fourth-order valence-electron chi connectivity index (χ4n) is 5.15. The Hall–Kier alpha value is -1.94. The minimum atomic E-state index is -0.187. The lowest BCUT2D eigenvalue weighted by molar-refractivity contribution is 0.137. The smallest absolute Gasteiger partial charge is 0.164 e. The van der Waals surface area contributed by atoms with Crippen LogP contribution in [0, 0.1) is 12.8 Å². The molecule has 146 valence electrons. The van der Waals surface area contributed by atoms with Crippen LogP contribution >= 0.6 is 0 Å². The summed E-state index contributed by atoms with van der Waals surface area (Å²) in [5, 5.41) is 10.5. The Kier molecular flexibility index (Phi) is 4.71. The molecule has 4 rings (SSSR count). The van der Waals surface area contributed by atoms with E-state index in [0.29, 0.717) is 11.8 Å². The molecule has 1 N–H and O–H groups in total. The number of likely N-dealkylation sites (tertiary alicyclic amines) is 1. The largest absolute Gasteiger partial charge is 0.504 e. The summed E-state index contributed by atoms with van der Waals surface area (Å²) in [7, 11) is 3.40. The van der Waals surface area contributed by atoms with Crippen LogP contribution in [0.1, 0.15) is 43.7 Å². The zero-order valence-corrected chi connectivity index (χ0v) is 16.9. The molecule has 2 atom stereocenters. The van der Waals surface area contributed by atoms with Gasteiger partial charge in [0, 0.05) is 30.0 Å². The summed E-state index contributed by atoms with van der Waals surface area (Å²) >= 11 is 0. The number of nitrogens with zero attached hydrogens (tertiary/aromatic N) is 1. The maximum absolute atomic E-state index is 10.5. The molecule has 0 spiro atoms. The second kappa shape index (κ2) is 6.90. The van der Waals surface area contributed by atoms with Crippen molar-refractivity contribution in [1.29, 1.82) is 0 Å². The molecular weight excluding hydrogens is 338 g/mol. The van der Waals surface area contributed by atoms with Gasteiger partial charge in [-0.25, -0.2) is 0 Å². The highest BCUT2D eigenvalue weighted by Crippen LogP contribution is 2.54. The van der Waals surface area contributed by atoms with Gasteiger partial charge in [0.15, 0.2) is 11.5 Å². The summed E-state index contributed by atoms with van der Waals surface area (Å²) in [5.41, 5.74) is 3.52. The van der Waals surface area contributed by atoms with Crippen LogP contribution in [-0.2, 0) is 10.2 Å². The molecule has 0 bridgehead atoms. The van der Waals surface area contributed by atoms with E-state index in [0.717, 1.165) is 42.2 Å². The number of aryl methyl sites for hydroxylation is 1. The molecule has 1 saturated heterocycles. The molecular formula is C23H31NO3. The quantitative estimate of drug-likeness (QED) is 0.840. The van der Waals surface area contributed by atoms with Crippen LogP contribution in [0.25, 0.3) is 0 Å². The van der Waals surface area contributed by atoms with Crippen molar-refractivity contribution >= 4 is 0 Å². The van der Waals surface area contributed by atoms with Crippen molar-refractivity contribution in [2.75, 3.05) is 27.3 Å². The van der Waals surface area contributed by atoms with Gasteiger partial charge >= 0.3 is 0 Å². The van der Waals surface area contributed by atoms with Gasteiger partial charge < -0.3 is 14.6 Å². The first kappa shape index (κ1) is 18.4. The van der Waals surface area contributed by atoms with Crippen molar-refractivity contribution in [1.82, 2.24) is 4.90 Å². The van der Waals surface area contributed by atoms with Gasteiger partial charge in [0.25, 0.3) is 0 Å². The second-order valence-electron chi connectivity index (χ2n) is 8.39. The number of ether oxygens (including phenoxy) is 2. The van der Waals surface area contributed by atoms with Crippen LogP contribution in [0.5, 0.6) is 11.5 Å². The van der Waals surface area contributed by atoms with E-state index in [1.165, 1.54) is 25.0 Å². The van der Waals surface area contributed by atoms with Crippen molar-refractivity contribution < 1.29 is 14.6 Å². The molecule has 4 heteroatoms. The highest BCUT2D eigenvalue weighted by Gasteiger charge is 2.48. The molecule has 0 radical (unpaired) electrons. The van der Waals surface area contributed by atoms with E-state index in [9.17, 15) is 5.11 Å². The topological polar surface area (TPSA) is 41.9 Å². The van der Waals surface area contributed by atoms with Gasteiger partial charge in [-0.2, -0.15) is 0 Å². The lowest BCUT2D eigenvalue weighted by atomic mass is 9.61. The Bertz CT molecular complexity index is 793. The molecule has 1 aliphatic heterocycles. The molecule has 0 aromatic heterocycles. The maximum Gasteiger partial charge on any atom is 0.164 e. The average molecular weight is 370 g/mol. The lowest BCUT2D eigenvalue weighted by Gasteiger charge is -2.50. The number of fused-ring (bicyclic) bond motifs is 1. The standard InChI is InChI=1S/C23H31NO3/c1-15-5-10-20(25)22(27-4)21(15)23-11-12-24(14-17-6-7-17)16(2)19(23)9-8-18(13-23)26-3/h5,8-10,16-17,25H,6-7,11-14H2,1-4H3. The van der Waals surface area contributed by atoms with E-state index >= 15 is 0 Å². The first-order chi connectivity index (χ1) is 13.0. The molecule has 27 heavy (non-hydrogen) atoms. The molecule has 4 nitrogen and oxygen atoms in total. The monoisotopic (exact) mass is 369 g/mol. The number of benzene rings is 1.